The van der Waals surface area contributed by atoms with Gasteiger partial charge in [0.05, 0.1) is 11.3 Å². The van der Waals surface area contributed by atoms with Crippen LogP contribution < -0.4 is 10.1 Å². The molecule has 0 saturated carbocycles. The summed E-state index contributed by atoms with van der Waals surface area (Å²) in [6, 6.07) is 31.5. The molecule has 0 aliphatic rings. The standard InChI is InChI=1S/C30H22N6OS.ClH/c1-38-30-32-19-17-26(34-30)25-12-7-18-31-29(25)37-22-15-13-21(14-16-22)33-28-24-11-6-5-10-23(24)27(35-36-28)20-8-3-2-4-9-20;/h2-19H,1H3,(H,33,36);1H. The third-order valence-corrected chi connectivity index (χ3v) is 6.49. The number of ether oxygens (including phenoxy) is 1. The van der Waals surface area contributed by atoms with E-state index >= 15 is 0 Å². The molecule has 0 spiro atoms. The topological polar surface area (TPSA) is 85.7 Å². The molecule has 3 aromatic heterocycles. The fourth-order valence-corrected chi connectivity index (χ4v) is 4.47. The van der Waals surface area contributed by atoms with Crippen LogP contribution in [0.2, 0.25) is 0 Å². The number of aromatic nitrogens is 5. The van der Waals surface area contributed by atoms with Crippen molar-refractivity contribution in [1.82, 2.24) is 25.1 Å². The number of pyridine rings is 1. The van der Waals surface area contributed by atoms with Gasteiger partial charge in [0.2, 0.25) is 5.88 Å². The van der Waals surface area contributed by atoms with Gasteiger partial charge in [-0.15, -0.1) is 22.6 Å². The first kappa shape index (κ1) is 26.1. The van der Waals surface area contributed by atoms with Gasteiger partial charge in [-0.1, -0.05) is 66.4 Å². The molecule has 192 valence electrons. The fourth-order valence-electron chi connectivity index (χ4n) is 4.12. The summed E-state index contributed by atoms with van der Waals surface area (Å²) >= 11 is 1.49. The van der Waals surface area contributed by atoms with Crippen LogP contribution >= 0.6 is 24.2 Å². The summed E-state index contributed by atoms with van der Waals surface area (Å²) in [5, 5.41) is 15.2. The molecule has 0 aliphatic carbocycles. The second-order valence-electron chi connectivity index (χ2n) is 8.34. The molecule has 0 fully saturated rings. The molecule has 7 nitrogen and oxygen atoms in total. The average Bonchev–Trinajstić information content (AvgIpc) is 2.99. The molecule has 0 aliphatic heterocycles. The summed E-state index contributed by atoms with van der Waals surface area (Å²) in [7, 11) is 0. The fraction of sp³-hybridized carbons (Fsp3) is 0.0333. The third-order valence-electron chi connectivity index (χ3n) is 5.93. The predicted molar refractivity (Wildman–Crippen MR) is 159 cm³/mol. The number of hydrogen-bond acceptors (Lipinski definition) is 8. The Kier molecular flexibility index (Phi) is 7.96. The molecule has 9 heteroatoms. The van der Waals surface area contributed by atoms with E-state index < -0.39 is 0 Å². The maximum atomic E-state index is 6.14. The first-order chi connectivity index (χ1) is 18.8. The van der Waals surface area contributed by atoms with Gasteiger partial charge >= 0.3 is 0 Å². The zero-order valence-electron chi connectivity index (χ0n) is 20.9. The number of benzene rings is 3. The van der Waals surface area contributed by atoms with Crippen molar-refractivity contribution in [1.29, 1.82) is 0 Å². The van der Waals surface area contributed by atoms with Gasteiger partial charge in [-0.2, -0.15) is 0 Å². The van der Waals surface area contributed by atoms with Gasteiger partial charge in [0, 0.05) is 34.4 Å². The molecule has 6 aromatic rings. The number of nitrogens with zero attached hydrogens (tertiary/aromatic N) is 5. The molecule has 0 radical (unpaired) electrons. The van der Waals surface area contributed by atoms with Crippen molar-refractivity contribution in [2.24, 2.45) is 0 Å². The van der Waals surface area contributed by atoms with Crippen LogP contribution in [-0.4, -0.2) is 31.4 Å². The summed E-state index contributed by atoms with van der Waals surface area (Å²) in [4.78, 5) is 13.3. The van der Waals surface area contributed by atoms with E-state index in [1.54, 1.807) is 12.4 Å². The van der Waals surface area contributed by atoms with E-state index in [-0.39, 0.29) is 12.4 Å². The van der Waals surface area contributed by atoms with Crippen molar-refractivity contribution in [3.8, 4) is 34.1 Å². The van der Waals surface area contributed by atoms with Gasteiger partial charge in [-0.05, 0) is 48.7 Å². The quantitative estimate of drug-likeness (QED) is 0.159. The Morgan fingerprint density at radius 1 is 0.718 bits per heavy atom. The number of fused-ring (bicyclic) bond motifs is 1. The van der Waals surface area contributed by atoms with Crippen molar-refractivity contribution < 1.29 is 4.74 Å². The average molecular weight is 551 g/mol. The van der Waals surface area contributed by atoms with E-state index in [0.717, 1.165) is 39.0 Å². The zero-order chi connectivity index (χ0) is 25.7. The Labute approximate surface area is 236 Å². The lowest BCUT2D eigenvalue weighted by Gasteiger charge is -2.12. The minimum absolute atomic E-state index is 0. The molecule has 0 saturated heterocycles. The normalized spacial score (nSPS) is 10.6. The van der Waals surface area contributed by atoms with Crippen LogP contribution in [0.4, 0.5) is 11.5 Å². The summed E-state index contributed by atoms with van der Waals surface area (Å²) in [5.74, 6) is 1.83. The zero-order valence-corrected chi connectivity index (χ0v) is 22.5. The largest absolute Gasteiger partial charge is 0.438 e. The SMILES string of the molecule is CSc1nccc(-c2cccnc2Oc2ccc(Nc3nnc(-c4ccccc4)c4ccccc34)cc2)n1.Cl. The second-order valence-corrected chi connectivity index (χ2v) is 9.12. The highest BCUT2D eigenvalue weighted by atomic mass is 35.5. The third kappa shape index (κ3) is 5.67. The van der Waals surface area contributed by atoms with Crippen LogP contribution in [0.3, 0.4) is 0 Å². The lowest BCUT2D eigenvalue weighted by Crippen LogP contribution is -1.99. The molecule has 0 atom stereocenters. The van der Waals surface area contributed by atoms with E-state index in [9.17, 15) is 0 Å². The van der Waals surface area contributed by atoms with Crippen molar-refractivity contribution in [2.45, 2.75) is 5.16 Å². The molecule has 1 N–H and O–H groups in total. The van der Waals surface area contributed by atoms with Crippen LogP contribution in [0.25, 0.3) is 33.3 Å². The molecule has 6 rings (SSSR count). The van der Waals surface area contributed by atoms with Crippen molar-refractivity contribution in [2.75, 3.05) is 11.6 Å². The van der Waals surface area contributed by atoms with Crippen LogP contribution in [0.15, 0.2) is 115 Å². The second kappa shape index (κ2) is 11.9. The highest BCUT2D eigenvalue weighted by molar-refractivity contribution is 7.98. The number of anilines is 2. The number of halogens is 1. The van der Waals surface area contributed by atoms with E-state index in [4.69, 9.17) is 4.74 Å². The number of nitrogens with one attached hydrogen (secondary N) is 1. The lowest BCUT2D eigenvalue weighted by molar-refractivity contribution is 0.465. The van der Waals surface area contributed by atoms with Crippen LogP contribution in [0, 0.1) is 0 Å². The number of hydrogen-bond donors (Lipinski definition) is 1. The Balaban J connectivity index is 0.00000308. The van der Waals surface area contributed by atoms with Crippen molar-refractivity contribution in [3.63, 3.8) is 0 Å². The molecular weight excluding hydrogens is 528 g/mol. The van der Waals surface area contributed by atoms with Crippen LogP contribution in [0.5, 0.6) is 11.6 Å². The van der Waals surface area contributed by atoms with Gasteiger partial charge in [0.25, 0.3) is 0 Å². The van der Waals surface area contributed by atoms with E-state index in [1.807, 2.05) is 91.2 Å². The summed E-state index contributed by atoms with van der Waals surface area (Å²) in [6.07, 6.45) is 5.39. The lowest BCUT2D eigenvalue weighted by atomic mass is 10.0. The van der Waals surface area contributed by atoms with Crippen molar-refractivity contribution in [3.05, 3.63) is 109 Å². The van der Waals surface area contributed by atoms with E-state index in [2.05, 4.69) is 42.6 Å². The first-order valence-corrected chi connectivity index (χ1v) is 13.2. The number of thioether (sulfide) groups is 1. The van der Waals surface area contributed by atoms with Gasteiger partial charge in [-0.3, -0.25) is 0 Å². The molecule has 39 heavy (non-hydrogen) atoms. The first-order valence-electron chi connectivity index (χ1n) is 12.0. The Bertz CT molecular complexity index is 1720. The van der Waals surface area contributed by atoms with E-state index in [1.165, 1.54) is 11.8 Å². The van der Waals surface area contributed by atoms with Gasteiger partial charge < -0.3 is 10.1 Å². The Morgan fingerprint density at radius 2 is 1.49 bits per heavy atom. The molecule has 0 amide bonds. The van der Waals surface area contributed by atoms with E-state index in [0.29, 0.717) is 22.6 Å². The van der Waals surface area contributed by atoms with Gasteiger partial charge in [0.15, 0.2) is 11.0 Å². The highest BCUT2D eigenvalue weighted by Gasteiger charge is 2.13. The molecule has 3 heterocycles. The molecule has 0 bridgehead atoms. The van der Waals surface area contributed by atoms with Crippen molar-refractivity contribution >= 4 is 46.4 Å². The molecular formula is C30H23ClN6OS. The minimum atomic E-state index is 0. The maximum Gasteiger partial charge on any atom is 0.228 e. The summed E-state index contributed by atoms with van der Waals surface area (Å²) < 4.78 is 6.14. The predicted octanol–water partition coefficient (Wildman–Crippen LogP) is 7.83. The smallest absolute Gasteiger partial charge is 0.228 e. The number of rotatable bonds is 7. The van der Waals surface area contributed by atoms with Crippen LogP contribution in [-0.2, 0) is 0 Å². The monoisotopic (exact) mass is 550 g/mol. The Morgan fingerprint density at radius 3 is 2.28 bits per heavy atom. The minimum Gasteiger partial charge on any atom is -0.438 e. The van der Waals surface area contributed by atoms with Crippen LogP contribution in [0.1, 0.15) is 0 Å². The maximum absolute atomic E-state index is 6.14. The Hall–Kier alpha value is -4.53. The van der Waals surface area contributed by atoms with Gasteiger partial charge in [0.1, 0.15) is 11.4 Å². The highest BCUT2D eigenvalue weighted by Crippen LogP contribution is 2.33. The summed E-state index contributed by atoms with van der Waals surface area (Å²) in [5.41, 5.74) is 4.31. The summed E-state index contributed by atoms with van der Waals surface area (Å²) in [6.45, 7) is 0. The molecule has 3 aromatic carbocycles. The van der Waals surface area contributed by atoms with Gasteiger partial charge in [-0.25, -0.2) is 15.0 Å². The molecule has 0 unspecified atom stereocenters.